The summed E-state index contributed by atoms with van der Waals surface area (Å²) in [6, 6.07) is 17.6. The lowest BCUT2D eigenvalue weighted by Crippen LogP contribution is -2.40. The molecule has 124 valence electrons. The molecule has 3 rings (SSSR count). The highest BCUT2D eigenvalue weighted by atomic mass is 16.2. The highest BCUT2D eigenvalue weighted by molar-refractivity contribution is 5.83. The average Bonchev–Trinajstić information content (AvgIpc) is 3.44. The molecule has 0 unspecified atom stereocenters. The van der Waals surface area contributed by atoms with Crippen LogP contribution in [0.1, 0.15) is 37.8 Å². The Morgan fingerprint density at radius 2 is 2.04 bits per heavy atom. The zero-order valence-electron chi connectivity index (χ0n) is 14.0. The maximum atomic E-state index is 12.1. The molecule has 1 saturated carbocycles. The van der Waals surface area contributed by atoms with Crippen LogP contribution >= 0.6 is 0 Å². The first-order chi connectivity index (χ1) is 11.7. The topological polar surface area (TPSA) is 56.1 Å². The molecule has 1 aliphatic carbocycles. The summed E-state index contributed by atoms with van der Waals surface area (Å²) in [5.74, 6) is 0.00443. The second-order valence-corrected chi connectivity index (χ2v) is 6.44. The number of nitrogens with one attached hydrogen (secondary N) is 1. The van der Waals surface area contributed by atoms with Gasteiger partial charge in [0.2, 0.25) is 5.91 Å². The maximum Gasteiger partial charge on any atom is 0.234 e. The molecule has 0 radical (unpaired) electrons. The maximum absolute atomic E-state index is 12.1. The largest absolute Gasteiger partial charge is 0.354 e. The highest BCUT2D eigenvalue weighted by Crippen LogP contribution is 2.34. The van der Waals surface area contributed by atoms with Gasteiger partial charge in [-0.05, 0) is 42.2 Å². The van der Waals surface area contributed by atoms with E-state index < -0.39 is 0 Å². The van der Waals surface area contributed by atoms with Crippen LogP contribution in [-0.2, 0) is 4.79 Å². The Kier molecular flexibility index (Phi) is 5.12. The van der Waals surface area contributed by atoms with E-state index in [1.54, 1.807) is 0 Å². The number of fused-ring (bicyclic) bond motifs is 1. The van der Waals surface area contributed by atoms with Crippen molar-refractivity contribution in [1.29, 1.82) is 5.26 Å². The van der Waals surface area contributed by atoms with Crippen LogP contribution in [0.5, 0.6) is 0 Å². The third-order valence-corrected chi connectivity index (χ3v) is 4.65. The lowest BCUT2D eigenvalue weighted by molar-refractivity contribution is -0.122. The van der Waals surface area contributed by atoms with Gasteiger partial charge in [0.25, 0.3) is 0 Å². The number of carbonyl (C=O) groups is 1. The minimum Gasteiger partial charge on any atom is -0.354 e. The first-order valence-corrected chi connectivity index (χ1v) is 8.57. The fraction of sp³-hybridized carbons (Fsp3) is 0.400. The van der Waals surface area contributed by atoms with Gasteiger partial charge >= 0.3 is 0 Å². The van der Waals surface area contributed by atoms with E-state index in [-0.39, 0.29) is 11.9 Å². The summed E-state index contributed by atoms with van der Waals surface area (Å²) in [5.41, 5.74) is 1.24. The summed E-state index contributed by atoms with van der Waals surface area (Å²) in [7, 11) is 0. The summed E-state index contributed by atoms with van der Waals surface area (Å²) in [4.78, 5) is 14.4. The van der Waals surface area contributed by atoms with E-state index >= 15 is 0 Å². The fourth-order valence-corrected chi connectivity index (χ4v) is 3.13. The monoisotopic (exact) mass is 321 g/mol. The van der Waals surface area contributed by atoms with Crippen molar-refractivity contribution in [2.75, 3.05) is 13.1 Å². The van der Waals surface area contributed by atoms with E-state index in [9.17, 15) is 4.79 Å². The molecule has 2 aromatic carbocycles. The van der Waals surface area contributed by atoms with E-state index in [1.807, 2.05) is 12.1 Å². The normalized spacial score (nSPS) is 15.2. The molecule has 0 aliphatic heterocycles. The quantitative estimate of drug-likeness (QED) is 0.795. The summed E-state index contributed by atoms with van der Waals surface area (Å²) < 4.78 is 0. The van der Waals surface area contributed by atoms with Crippen molar-refractivity contribution in [3.05, 3.63) is 48.0 Å². The van der Waals surface area contributed by atoms with Crippen molar-refractivity contribution in [3.8, 4) is 6.07 Å². The van der Waals surface area contributed by atoms with Gasteiger partial charge in [-0.2, -0.15) is 5.26 Å². The first-order valence-electron chi connectivity index (χ1n) is 8.57. The lowest BCUT2D eigenvalue weighted by atomic mass is 10.0. The molecule has 0 heterocycles. The number of benzene rings is 2. The van der Waals surface area contributed by atoms with Crippen molar-refractivity contribution >= 4 is 16.7 Å². The Bertz CT molecular complexity index is 761. The minimum atomic E-state index is 0.00443. The van der Waals surface area contributed by atoms with E-state index in [4.69, 9.17) is 5.26 Å². The number of hydrogen-bond acceptors (Lipinski definition) is 3. The third kappa shape index (κ3) is 3.93. The van der Waals surface area contributed by atoms with Crippen LogP contribution in [0.2, 0.25) is 0 Å². The van der Waals surface area contributed by atoms with Gasteiger partial charge in [0.15, 0.2) is 0 Å². The molecular formula is C20H23N3O. The van der Waals surface area contributed by atoms with Gasteiger partial charge < -0.3 is 5.32 Å². The first kappa shape index (κ1) is 16.5. The van der Waals surface area contributed by atoms with Gasteiger partial charge in [0.1, 0.15) is 0 Å². The van der Waals surface area contributed by atoms with Gasteiger partial charge in [-0.15, -0.1) is 0 Å². The van der Waals surface area contributed by atoms with Crippen LogP contribution in [-0.4, -0.2) is 29.9 Å². The van der Waals surface area contributed by atoms with Crippen molar-refractivity contribution in [2.24, 2.45) is 0 Å². The Morgan fingerprint density at radius 3 is 2.75 bits per heavy atom. The fourth-order valence-electron chi connectivity index (χ4n) is 3.13. The molecule has 0 spiro atoms. The Hall–Kier alpha value is -2.38. The van der Waals surface area contributed by atoms with Crippen LogP contribution in [0.4, 0.5) is 0 Å². The van der Waals surface area contributed by atoms with Crippen molar-refractivity contribution < 1.29 is 4.79 Å². The number of amides is 1. The van der Waals surface area contributed by atoms with Gasteiger partial charge in [-0.3, -0.25) is 9.69 Å². The molecular weight excluding hydrogens is 298 g/mol. The van der Waals surface area contributed by atoms with E-state index in [0.717, 1.165) is 12.8 Å². The van der Waals surface area contributed by atoms with E-state index in [0.29, 0.717) is 25.6 Å². The van der Waals surface area contributed by atoms with E-state index in [2.05, 4.69) is 53.5 Å². The highest BCUT2D eigenvalue weighted by Gasteiger charge is 2.33. The number of hydrogen-bond donors (Lipinski definition) is 1. The van der Waals surface area contributed by atoms with Crippen LogP contribution in [0.3, 0.4) is 0 Å². The summed E-state index contributed by atoms with van der Waals surface area (Å²) in [6.07, 6.45) is 2.67. The third-order valence-electron chi connectivity index (χ3n) is 4.65. The van der Waals surface area contributed by atoms with Crippen molar-refractivity contribution in [3.63, 3.8) is 0 Å². The molecule has 1 fully saturated rings. The molecule has 0 bridgehead atoms. The Balaban J connectivity index is 1.72. The average molecular weight is 321 g/mol. The van der Waals surface area contributed by atoms with Crippen LogP contribution in [0, 0.1) is 11.3 Å². The predicted octanol–water partition coefficient (Wildman–Crippen LogP) is 3.40. The summed E-state index contributed by atoms with van der Waals surface area (Å²) in [6.45, 7) is 2.99. The molecule has 24 heavy (non-hydrogen) atoms. The molecule has 2 aromatic rings. The number of nitrogens with zero attached hydrogens (tertiary/aromatic N) is 2. The Labute approximate surface area is 143 Å². The smallest absolute Gasteiger partial charge is 0.234 e. The molecule has 0 aromatic heterocycles. The van der Waals surface area contributed by atoms with Crippen LogP contribution in [0.15, 0.2) is 42.5 Å². The van der Waals surface area contributed by atoms with Gasteiger partial charge in [0, 0.05) is 18.6 Å². The molecule has 1 atom stereocenters. The number of carbonyl (C=O) groups excluding carboxylic acids is 1. The Morgan fingerprint density at radius 1 is 1.29 bits per heavy atom. The zero-order valence-corrected chi connectivity index (χ0v) is 14.0. The minimum absolute atomic E-state index is 0.00443. The molecule has 1 N–H and O–H groups in total. The van der Waals surface area contributed by atoms with Crippen LogP contribution in [0.25, 0.3) is 10.8 Å². The van der Waals surface area contributed by atoms with Crippen molar-refractivity contribution in [2.45, 2.75) is 38.3 Å². The second-order valence-electron chi connectivity index (χ2n) is 6.44. The molecule has 0 saturated heterocycles. The van der Waals surface area contributed by atoms with Crippen LogP contribution < -0.4 is 5.32 Å². The lowest BCUT2D eigenvalue weighted by Gasteiger charge is -2.29. The number of nitriles is 1. The predicted molar refractivity (Wildman–Crippen MR) is 95.3 cm³/mol. The summed E-state index contributed by atoms with van der Waals surface area (Å²) >= 11 is 0. The van der Waals surface area contributed by atoms with E-state index in [1.165, 1.54) is 16.3 Å². The summed E-state index contributed by atoms with van der Waals surface area (Å²) in [5, 5.41) is 13.9. The molecule has 1 aliphatic rings. The molecule has 4 heteroatoms. The van der Waals surface area contributed by atoms with Gasteiger partial charge in [0.05, 0.1) is 19.0 Å². The number of rotatable bonds is 7. The standard InChI is InChI=1S/C20H23N3O/c1-15(17-8-7-16-5-2-3-6-18(16)13-17)23(19-9-10-19)14-20(24)22-12-4-11-21/h2-3,5-8,13,15,19H,4,9-10,12,14H2,1H3,(H,22,24)/t15-/m0/s1. The second kappa shape index (κ2) is 7.46. The zero-order chi connectivity index (χ0) is 16.9. The van der Waals surface area contributed by atoms with Crippen molar-refractivity contribution in [1.82, 2.24) is 10.2 Å². The van der Waals surface area contributed by atoms with Gasteiger partial charge in [-0.1, -0.05) is 36.4 Å². The SMILES string of the molecule is C[C@@H](c1ccc2ccccc2c1)N(CC(=O)NCCC#N)C1CC1. The molecule has 4 nitrogen and oxygen atoms in total. The molecule has 1 amide bonds. The van der Waals surface area contributed by atoms with Gasteiger partial charge in [-0.25, -0.2) is 0 Å².